The topological polar surface area (TPSA) is 116 Å². The Kier molecular flexibility index (Phi) is 7.22. The predicted octanol–water partition coefficient (Wildman–Crippen LogP) is 3.68. The number of fused-ring (bicyclic) bond motifs is 1. The third-order valence-corrected chi connectivity index (χ3v) is 5.10. The van der Waals surface area contributed by atoms with E-state index in [0.29, 0.717) is 29.1 Å². The summed E-state index contributed by atoms with van der Waals surface area (Å²) in [5, 5.41) is 2.88. The average molecular weight is 437 g/mol. The Morgan fingerprint density at radius 2 is 1.81 bits per heavy atom. The molecule has 2 aromatic heterocycles. The van der Waals surface area contributed by atoms with Gasteiger partial charge in [-0.15, -0.1) is 0 Å². The fourth-order valence-electron chi connectivity index (χ4n) is 3.52. The van der Waals surface area contributed by atoms with Crippen molar-refractivity contribution in [3.05, 3.63) is 47.5 Å². The number of anilines is 1. The molecule has 3 aromatic rings. The molecule has 3 rings (SSSR count). The standard InChI is InChI=1S/C24H32N6O2/c1-5-6-7-19-28-21-22(25)26-15-27-23(21)30(19)14-16-8-10-17(11-9-16)18(31)12-13-20(32)29-24(2,3)4/h8-11,15H,5-7,12-14H2,1-4H3,(H,29,32)(H2,25,26,27). The second kappa shape index (κ2) is 9.89. The molecule has 1 aromatic carbocycles. The average Bonchev–Trinajstić information content (AvgIpc) is 3.08. The smallest absolute Gasteiger partial charge is 0.220 e. The molecule has 0 bridgehead atoms. The molecule has 3 N–H and O–H groups in total. The summed E-state index contributed by atoms with van der Waals surface area (Å²) in [6, 6.07) is 7.49. The number of nitrogens with zero attached hydrogens (tertiary/aromatic N) is 4. The van der Waals surface area contributed by atoms with Crippen LogP contribution < -0.4 is 11.1 Å². The summed E-state index contributed by atoms with van der Waals surface area (Å²) in [5.41, 5.74) is 8.68. The van der Waals surface area contributed by atoms with E-state index in [2.05, 4.69) is 31.8 Å². The maximum atomic E-state index is 12.5. The molecule has 0 saturated heterocycles. The summed E-state index contributed by atoms with van der Waals surface area (Å²) in [6.07, 6.45) is 4.74. The number of benzene rings is 1. The lowest BCUT2D eigenvalue weighted by Gasteiger charge is -2.20. The summed E-state index contributed by atoms with van der Waals surface area (Å²) in [7, 11) is 0. The van der Waals surface area contributed by atoms with Crippen LogP contribution in [0.15, 0.2) is 30.6 Å². The Morgan fingerprint density at radius 1 is 1.09 bits per heavy atom. The van der Waals surface area contributed by atoms with Crippen LogP contribution in [0.4, 0.5) is 5.82 Å². The van der Waals surface area contributed by atoms with E-state index in [0.717, 1.165) is 30.7 Å². The maximum Gasteiger partial charge on any atom is 0.220 e. The zero-order chi connectivity index (χ0) is 23.3. The molecule has 8 nitrogen and oxygen atoms in total. The first-order valence-corrected chi connectivity index (χ1v) is 11.1. The molecule has 1 amide bonds. The van der Waals surface area contributed by atoms with Crippen LogP contribution in [0.2, 0.25) is 0 Å². The second-order valence-electron chi connectivity index (χ2n) is 9.07. The predicted molar refractivity (Wildman–Crippen MR) is 125 cm³/mol. The van der Waals surface area contributed by atoms with Gasteiger partial charge in [-0.3, -0.25) is 9.59 Å². The van der Waals surface area contributed by atoms with Crippen molar-refractivity contribution in [1.29, 1.82) is 0 Å². The molecular formula is C24H32N6O2. The molecule has 8 heteroatoms. The van der Waals surface area contributed by atoms with Crippen molar-refractivity contribution in [1.82, 2.24) is 24.8 Å². The van der Waals surface area contributed by atoms with Gasteiger partial charge in [-0.2, -0.15) is 0 Å². The van der Waals surface area contributed by atoms with Gasteiger partial charge < -0.3 is 15.6 Å². The highest BCUT2D eigenvalue weighted by atomic mass is 16.2. The minimum Gasteiger partial charge on any atom is -0.382 e. The van der Waals surface area contributed by atoms with Crippen molar-refractivity contribution < 1.29 is 9.59 Å². The Bertz CT molecular complexity index is 1100. The van der Waals surface area contributed by atoms with Crippen molar-refractivity contribution in [2.75, 3.05) is 5.73 Å². The third-order valence-electron chi connectivity index (χ3n) is 5.10. The quantitative estimate of drug-likeness (QED) is 0.494. The summed E-state index contributed by atoms with van der Waals surface area (Å²) >= 11 is 0. The monoisotopic (exact) mass is 436 g/mol. The van der Waals surface area contributed by atoms with Crippen LogP contribution >= 0.6 is 0 Å². The first-order valence-electron chi connectivity index (χ1n) is 11.1. The van der Waals surface area contributed by atoms with Gasteiger partial charge in [0.2, 0.25) is 5.91 Å². The number of aryl methyl sites for hydroxylation is 1. The minimum atomic E-state index is -0.301. The summed E-state index contributed by atoms with van der Waals surface area (Å²) in [4.78, 5) is 37.6. The van der Waals surface area contributed by atoms with E-state index in [-0.39, 0.29) is 30.1 Å². The van der Waals surface area contributed by atoms with Crippen LogP contribution in [-0.2, 0) is 17.8 Å². The Hall–Kier alpha value is -3.29. The molecule has 0 aliphatic rings. The molecule has 2 heterocycles. The highest BCUT2D eigenvalue weighted by Gasteiger charge is 2.17. The first kappa shape index (κ1) is 23.4. The first-order chi connectivity index (χ1) is 15.2. The maximum absolute atomic E-state index is 12.5. The van der Waals surface area contributed by atoms with Crippen molar-refractivity contribution in [2.24, 2.45) is 0 Å². The SMILES string of the molecule is CCCCc1nc2c(N)ncnc2n1Cc1ccc(C(=O)CCC(=O)NC(C)(C)C)cc1. The van der Waals surface area contributed by atoms with Gasteiger partial charge in [-0.1, -0.05) is 37.6 Å². The van der Waals surface area contributed by atoms with Crippen molar-refractivity contribution in [3.63, 3.8) is 0 Å². The molecule has 0 aliphatic carbocycles. The number of carbonyl (C=O) groups is 2. The number of aromatic nitrogens is 4. The summed E-state index contributed by atoms with van der Waals surface area (Å²) in [6.45, 7) is 8.48. The number of nitrogens with two attached hydrogens (primary N) is 1. The Balaban J connectivity index is 1.72. The van der Waals surface area contributed by atoms with Crippen LogP contribution in [0.3, 0.4) is 0 Å². The molecule has 170 valence electrons. The van der Waals surface area contributed by atoms with Crippen LogP contribution in [0.1, 0.15) is 75.1 Å². The normalized spacial score (nSPS) is 11.6. The summed E-state index contributed by atoms with van der Waals surface area (Å²) in [5.74, 6) is 1.15. The lowest BCUT2D eigenvalue weighted by atomic mass is 10.0. The van der Waals surface area contributed by atoms with Gasteiger partial charge in [0.15, 0.2) is 22.8 Å². The fourth-order valence-corrected chi connectivity index (χ4v) is 3.52. The van der Waals surface area contributed by atoms with Gasteiger partial charge >= 0.3 is 0 Å². The number of carbonyl (C=O) groups excluding carboxylic acids is 2. The van der Waals surface area contributed by atoms with Gasteiger partial charge in [-0.25, -0.2) is 15.0 Å². The lowest BCUT2D eigenvalue weighted by molar-refractivity contribution is -0.122. The van der Waals surface area contributed by atoms with E-state index < -0.39 is 0 Å². The molecule has 0 fully saturated rings. The van der Waals surface area contributed by atoms with Crippen LogP contribution in [0.25, 0.3) is 11.2 Å². The number of rotatable bonds is 9. The molecule has 0 spiro atoms. The molecular weight excluding hydrogens is 404 g/mol. The second-order valence-corrected chi connectivity index (χ2v) is 9.07. The number of nitrogens with one attached hydrogen (secondary N) is 1. The van der Waals surface area contributed by atoms with E-state index in [9.17, 15) is 9.59 Å². The lowest BCUT2D eigenvalue weighted by Crippen LogP contribution is -2.40. The van der Waals surface area contributed by atoms with Crippen LogP contribution in [-0.4, -0.2) is 36.7 Å². The van der Waals surface area contributed by atoms with Gasteiger partial charge in [0.25, 0.3) is 0 Å². The van der Waals surface area contributed by atoms with E-state index in [1.165, 1.54) is 6.33 Å². The number of unbranched alkanes of at least 4 members (excludes halogenated alkanes) is 1. The number of Topliss-reactive ketones (excluding diaryl/α,β-unsaturated/α-hetero) is 1. The Morgan fingerprint density at radius 3 is 2.47 bits per heavy atom. The van der Waals surface area contributed by atoms with Gasteiger partial charge in [-0.05, 0) is 32.8 Å². The van der Waals surface area contributed by atoms with Crippen molar-refractivity contribution >= 4 is 28.7 Å². The van der Waals surface area contributed by atoms with Gasteiger partial charge in [0, 0.05) is 30.4 Å². The van der Waals surface area contributed by atoms with Crippen LogP contribution in [0, 0.1) is 0 Å². The zero-order valence-electron chi connectivity index (χ0n) is 19.3. The fraction of sp³-hybridized carbons (Fsp3) is 0.458. The number of hydrogen-bond acceptors (Lipinski definition) is 6. The number of ketones is 1. The van der Waals surface area contributed by atoms with Crippen LogP contribution in [0.5, 0.6) is 0 Å². The highest BCUT2D eigenvalue weighted by Crippen LogP contribution is 2.21. The molecule has 0 aliphatic heterocycles. The molecule has 32 heavy (non-hydrogen) atoms. The zero-order valence-corrected chi connectivity index (χ0v) is 19.3. The number of hydrogen-bond donors (Lipinski definition) is 2. The third kappa shape index (κ3) is 5.90. The number of nitrogen functional groups attached to an aromatic ring is 1. The number of amides is 1. The van der Waals surface area contributed by atoms with Crippen molar-refractivity contribution in [2.45, 2.75) is 71.9 Å². The largest absolute Gasteiger partial charge is 0.382 e. The van der Waals surface area contributed by atoms with Crippen molar-refractivity contribution in [3.8, 4) is 0 Å². The van der Waals surface area contributed by atoms with E-state index in [4.69, 9.17) is 5.73 Å². The van der Waals surface area contributed by atoms with E-state index in [1.54, 1.807) is 0 Å². The van der Waals surface area contributed by atoms with Gasteiger partial charge in [0.1, 0.15) is 12.2 Å². The minimum absolute atomic E-state index is 0.0437. The Labute approximate surface area is 188 Å². The number of imidazole rings is 1. The molecule has 0 radical (unpaired) electrons. The summed E-state index contributed by atoms with van der Waals surface area (Å²) < 4.78 is 2.07. The highest BCUT2D eigenvalue weighted by molar-refractivity contribution is 5.98. The van der Waals surface area contributed by atoms with E-state index in [1.807, 2.05) is 45.0 Å². The van der Waals surface area contributed by atoms with Gasteiger partial charge in [0.05, 0.1) is 6.54 Å². The molecule has 0 unspecified atom stereocenters. The molecule has 0 saturated carbocycles. The molecule has 0 atom stereocenters. The van der Waals surface area contributed by atoms with E-state index >= 15 is 0 Å².